The number of fused-ring (bicyclic) bond motifs is 1. The summed E-state index contributed by atoms with van der Waals surface area (Å²) in [4.78, 5) is 38.7. The van der Waals surface area contributed by atoms with Crippen LogP contribution in [0.2, 0.25) is 0 Å². The van der Waals surface area contributed by atoms with E-state index in [1.807, 2.05) is 12.1 Å². The van der Waals surface area contributed by atoms with Gasteiger partial charge in [0.1, 0.15) is 11.6 Å². The minimum Gasteiger partial charge on any atom is -0.360 e. The van der Waals surface area contributed by atoms with E-state index in [0.29, 0.717) is 17.0 Å². The highest BCUT2D eigenvalue weighted by molar-refractivity contribution is 6.07. The van der Waals surface area contributed by atoms with E-state index in [-0.39, 0.29) is 18.5 Å². The Labute approximate surface area is 158 Å². The van der Waals surface area contributed by atoms with Crippen LogP contribution in [0, 0.1) is 11.6 Å². The van der Waals surface area contributed by atoms with Gasteiger partial charge >= 0.3 is 0 Å². The number of rotatable bonds is 5. The first-order chi connectivity index (χ1) is 13.5. The van der Waals surface area contributed by atoms with Crippen molar-refractivity contribution < 1.29 is 23.2 Å². The minimum atomic E-state index is -0.993. The predicted octanol–water partition coefficient (Wildman–Crippen LogP) is 2.03. The van der Waals surface area contributed by atoms with Crippen LogP contribution in [0.1, 0.15) is 27.1 Å². The first-order valence-electron chi connectivity index (χ1n) is 8.34. The number of carbonyl (C=O) groups excluding carboxylic acids is 3. The number of hydrogen-bond acceptors (Lipinski definition) is 3. The number of halogens is 2. The number of amides is 3. The van der Waals surface area contributed by atoms with E-state index in [1.165, 1.54) is 6.20 Å². The van der Waals surface area contributed by atoms with E-state index < -0.39 is 29.4 Å². The fraction of sp³-hybridized carbons (Fsp3) is 0.105. The zero-order valence-corrected chi connectivity index (χ0v) is 14.5. The van der Waals surface area contributed by atoms with Crippen molar-refractivity contribution in [2.45, 2.75) is 6.42 Å². The maximum Gasteiger partial charge on any atom is 0.271 e. The molecule has 0 aliphatic rings. The van der Waals surface area contributed by atoms with Crippen molar-refractivity contribution in [3.8, 4) is 0 Å². The fourth-order valence-corrected chi connectivity index (χ4v) is 2.57. The molecule has 0 fully saturated rings. The molecule has 0 aliphatic heterocycles. The number of hydrogen-bond donors (Lipinski definition) is 4. The van der Waals surface area contributed by atoms with Crippen LogP contribution in [0.25, 0.3) is 10.9 Å². The van der Waals surface area contributed by atoms with Crippen molar-refractivity contribution in [3.05, 3.63) is 71.4 Å². The van der Waals surface area contributed by atoms with Crippen LogP contribution in [-0.2, 0) is 4.79 Å². The van der Waals surface area contributed by atoms with Gasteiger partial charge in [-0.25, -0.2) is 8.78 Å². The lowest BCUT2D eigenvalue weighted by Crippen LogP contribution is -2.42. The average Bonchev–Trinajstić information content (AvgIpc) is 3.10. The zero-order chi connectivity index (χ0) is 20.1. The predicted molar refractivity (Wildman–Crippen MR) is 97.2 cm³/mol. The largest absolute Gasteiger partial charge is 0.360 e. The van der Waals surface area contributed by atoms with Crippen LogP contribution in [-0.4, -0.2) is 29.3 Å². The molecule has 0 unspecified atom stereocenters. The lowest BCUT2D eigenvalue weighted by molar-refractivity contribution is -0.121. The van der Waals surface area contributed by atoms with Gasteiger partial charge in [-0.1, -0.05) is 18.2 Å². The molecule has 1 aromatic heterocycles. The van der Waals surface area contributed by atoms with Crippen LogP contribution < -0.4 is 16.2 Å². The molecule has 4 N–H and O–H groups in total. The van der Waals surface area contributed by atoms with Gasteiger partial charge in [0.05, 0.1) is 11.1 Å². The Morgan fingerprint density at radius 1 is 0.929 bits per heavy atom. The summed E-state index contributed by atoms with van der Waals surface area (Å²) in [6, 6.07) is 9.78. The van der Waals surface area contributed by atoms with E-state index in [9.17, 15) is 23.2 Å². The maximum atomic E-state index is 13.5. The molecule has 0 atom stereocenters. The Hall–Kier alpha value is -3.75. The lowest BCUT2D eigenvalue weighted by atomic mass is 10.2. The third-order valence-electron chi connectivity index (χ3n) is 3.96. The number of hydrazine groups is 1. The van der Waals surface area contributed by atoms with E-state index in [0.717, 1.165) is 17.6 Å². The summed E-state index contributed by atoms with van der Waals surface area (Å²) >= 11 is 0. The number of H-pyrrole nitrogens is 1. The number of nitrogens with one attached hydrogen (secondary N) is 4. The normalized spacial score (nSPS) is 10.5. The van der Waals surface area contributed by atoms with Crippen molar-refractivity contribution in [3.63, 3.8) is 0 Å². The van der Waals surface area contributed by atoms with Crippen LogP contribution >= 0.6 is 0 Å². The summed E-state index contributed by atoms with van der Waals surface area (Å²) in [5.74, 6) is -3.60. The molecule has 0 saturated heterocycles. The summed E-state index contributed by atoms with van der Waals surface area (Å²) in [5, 5.41) is 3.06. The van der Waals surface area contributed by atoms with Gasteiger partial charge in [-0.2, -0.15) is 0 Å². The lowest BCUT2D eigenvalue weighted by Gasteiger charge is -2.08. The molecule has 0 bridgehead atoms. The van der Waals surface area contributed by atoms with Gasteiger partial charge in [0.2, 0.25) is 5.91 Å². The molecule has 3 rings (SSSR count). The topological polar surface area (TPSA) is 103 Å². The summed E-state index contributed by atoms with van der Waals surface area (Å²) < 4.78 is 26.4. The Kier molecular flexibility index (Phi) is 5.64. The van der Waals surface area contributed by atoms with Crippen LogP contribution in [0.5, 0.6) is 0 Å². The molecule has 3 amide bonds. The summed E-state index contributed by atoms with van der Waals surface area (Å²) in [5.41, 5.74) is 5.36. The highest BCUT2D eigenvalue weighted by Gasteiger charge is 2.14. The second-order valence-corrected chi connectivity index (χ2v) is 5.88. The van der Waals surface area contributed by atoms with Crippen LogP contribution in [0.3, 0.4) is 0 Å². The molecule has 1 heterocycles. The highest BCUT2D eigenvalue weighted by Crippen LogP contribution is 2.17. The Bertz CT molecular complexity index is 1050. The molecule has 3 aromatic rings. The van der Waals surface area contributed by atoms with Gasteiger partial charge in [0, 0.05) is 36.1 Å². The van der Waals surface area contributed by atoms with Gasteiger partial charge in [0.15, 0.2) is 0 Å². The smallest absolute Gasteiger partial charge is 0.271 e. The van der Waals surface area contributed by atoms with Crippen molar-refractivity contribution in [2.75, 3.05) is 6.54 Å². The minimum absolute atomic E-state index is 0.0928. The fourth-order valence-electron chi connectivity index (χ4n) is 2.57. The van der Waals surface area contributed by atoms with E-state index in [1.54, 1.807) is 12.1 Å². The number of carbonyl (C=O) groups is 3. The standard InChI is InChI=1S/C19H16F2N4O3/c20-11-5-6-13(15(21)9-11)18(27)22-8-7-17(26)24-25-19(28)14-10-23-16-4-2-1-3-12(14)16/h1-6,9-10,23H,7-8H2,(H,22,27)(H,24,26)(H,25,28). The number of aromatic amines is 1. The Balaban J connectivity index is 1.45. The van der Waals surface area contributed by atoms with Gasteiger partial charge in [-0.05, 0) is 18.2 Å². The number of para-hydroxylation sites is 1. The Morgan fingerprint density at radius 3 is 2.50 bits per heavy atom. The molecule has 0 saturated carbocycles. The number of benzene rings is 2. The highest BCUT2D eigenvalue weighted by atomic mass is 19.1. The molecule has 7 nitrogen and oxygen atoms in total. The van der Waals surface area contributed by atoms with Crippen molar-refractivity contribution in [1.82, 2.24) is 21.2 Å². The first kappa shape index (κ1) is 19.0. The average molecular weight is 386 g/mol. The van der Waals surface area contributed by atoms with Crippen molar-refractivity contribution >= 4 is 28.6 Å². The van der Waals surface area contributed by atoms with E-state index in [4.69, 9.17) is 0 Å². The third-order valence-corrected chi connectivity index (χ3v) is 3.96. The molecule has 0 spiro atoms. The quantitative estimate of drug-likeness (QED) is 0.505. The maximum absolute atomic E-state index is 13.5. The van der Waals surface area contributed by atoms with Crippen LogP contribution in [0.15, 0.2) is 48.7 Å². The van der Waals surface area contributed by atoms with E-state index >= 15 is 0 Å². The van der Waals surface area contributed by atoms with Gasteiger partial charge < -0.3 is 10.3 Å². The molecule has 144 valence electrons. The SMILES string of the molecule is O=C(CCNC(=O)c1ccc(F)cc1F)NNC(=O)c1c[nH]c2ccccc12. The molecular weight excluding hydrogens is 370 g/mol. The van der Waals surface area contributed by atoms with Crippen molar-refractivity contribution in [2.24, 2.45) is 0 Å². The van der Waals surface area contributed by atoms with Crippen LogP contribution in [0.4, 0.5) is 8.78 Å². The second kappa shape index (κ2) is 8.30. The molecule has 0 aliphatic carbocycles. The molecule has 28 heavy (non-hydrogen) atoms. The molecular formula is C19H16F2N4O3. The first-order valence-corrected chi connectivity index (χ1v) is 8.34. The zero-order valence-electron chi connectivity index (χ0n) is 14.5. The van der Waals surface area contributed by atoms with E-state index in [2.05, 4.69) is 21.2 Å². The van der Waals surface area contributed by atoms with Crippen molar-refractivity contribution in [1.29, 1.82) is 0 Å². The van der Waals surface area contributed by atoms with Gasteiger partial charge in [0.25, 0.3) is 11.8 Å². The molecule has 2 aromatic carbocycles. The second-order valence-electron chi connectivity index (χ2n) is 5.88. The summed E-state index contributed by atoms with van der Waals surface area (Å²) in [6.07, 6.45) is 1.38. The monoisotopic (exact) mass is 386 g/mol. The van der Waals surface area contributed by atoms with Gasteiger partial charge in [-0.3, -0.25) is 25.2 Å². The van der Waals surface area contributed by atoms with Gasteiger partial charge in [-0.15, -0.1) is 0 Å². The molecule has 9 heteroatoms. The summed E-state index contributed by atoms with van der Waals surface area (Å²) in [6.45, 7) is -0.0928. The third kappa shape index (κ3) is 4.32. The number of aromatic nitrogens is 1. The Morgan fingerprint density at radius 2 is 1.71 bits per heavy atom. The summed E-state index contributed by atoms with van der Waals surface area (Å²) in [7, 11) is 0. The molecule has 0 radical (unpaired) electrons.